The van der Waals surface area contributed by atoms with Crippen LogP contribution in [0.2, 0.25) is 0 Å². The largest absolute Gasteiger partial charge is 0.456 e. The van der Waals surface area contributed by atoms with Crippen LogP contribution in [-0.2, 0) is 19.4 Å². The average Bonchev–Trinajstić information content (AvgIpc) is 3.04. The summed E-state index contributed by atoms with van der Waals surface area (Å²) in [7, 11) is -3.79. The zero-order valence-electron chi connectivity index (χ0n) is 25.8. The standard InChI is InChI=1S/C33H41N3O6S2/c1-5-35(6-2)24-14-17-27-30(20-24)40-31-21-25(36(7-3)8-4)15-18-28(31)33(27)29-19-16-26(22-32(29)43-42-41-37)44(38,39)34-23-12-10-9-11-13-23/h14-23,34H,5-13H2,1-4H3/p+1. The second-order valence-electron chi connectivity index (χ2n) is 11.0. The van der Waals surface area contributed by atoms with E-state index in [1.165, 1.54) is 0 Å². The van der Waals surface area contributed by atoms with E-state index < -0.39 is 10.0 Å². The topological polar surface area (TPSA) is 104 Å². The molecule has 5 rings (SSSR count). The van der Waals surface area contributed by atoms with Gasteiger partial charge in [0.1, 0.15) is 24.4 Å². The van der Waals surface area contributed by atoms with Gasteiger partial charge in [0.15, 0.2) is 0 Å². The summed E-state index contributed by atoms with van der Waals surface area (Å²) < 4.78 is 43.5. The first-order valence-corrected chi connectivity index (χ1v) is 17.7. The maximum Gasteiger partial charge on any atom is 0.240 e. The van der Waals surface area contributed by atoms with Crippen molar-refractivity contribution in [2.24, 2.45) is 0 Å². The Morgan fingerprint density at radius 3 is 2.36 bits per heavy atom. The molecule has 0 radical (unpaired) electrons. The summed E-state index contributed by atoms with van der Waals surface area (Å²) in [6.45, 7) is 11.9. The molecule has 1 heterocycles. The number of nitrogens with zero attached hydrogens (tertiary/aromatic N) is 2. The molecular weight excluding hydrogens is 599 g/mol. The van der Waals surface area contributed by atoms with Gasteiger partial charge in [0.25, 0.3) is 0 Å². The maximum absolute atomic E-state index is 13.4. The smallest absolute Gasteiger partial charge is 0.240 e. The first kappa shape index (κ1) is 32.5. The zero-order chi connectivity index (χ0) is 31.3. The minimum absolute atomic E-state index is 0.0785. The fraction of sp³-hybridized carbons (Fsp3) is 0.424. The molecule has 0 unspecified atom stereocenters. The molecule has 2 N–H and O–H groups in total. The number of fused-ring (bicyclic) bond motifs is 2. The van der Waals surface area contributed by atoms with Gasteiger partial charge in [0.2, 0.25) is 15.4 Å². The van der Waals surface area contributed by atoms with Gasteiger partial charge in [-0.25, -0.2) is 23.0 Å². The van der Waals surface area contributed by atoms with Crippen LogP contribution in [0.25, 0.3) is 33.4 Å². The van der Waals surface area contributed by atoms with E-state index in [0.717, 1.165) is 103 Å². The van der Waals surface area contributed by atoms with E-state index in [1.807, 2.05) is 12.1 Å². The van der Waals surface area contributed by atoms with Crippen LogP contribution in [0.3, 0.4) is 0 Å². The molecule has 0 atom stereocenters. The lowest BCUT2D eigenvalue weighted by atomic mass is 9.93. The molecule has 9 nitrogen and oxygen atoms in total. The first-order valence-electron chi connectivity index (χ1n) is 15.5. The number of hydrogen-bond donors (Lipinski definition) is 2. The monoisotopic (exact) mass is 640 g/mol. The van der Waals surface area contributed by atoms with Crippen molar-refractivity contribution < 1.29 is 27.5 Å². The highest BCUT2D eigenvalue weighted by molar-refractivity contribution is 7.94. The summed E-state index contributed by atoms with van der Waals surface area (Å²) >= 11 is 0.754. The Hall–Kier alpha value is -2.93. The van der Waals surface area contributed by atoms with Crippen LogP contribution in [0.15, 0.2) is 68.8 Å². The molecule has 0 aromatic heterocycles. The van der Waals surface area contributed by atoms with E-state index in [-0.39, 0.29) is 10.9 Å². The summed E-state index contributed by atoms with van der Waals surface area (Å²) in [6, 6.07) is 17.3. The van der Waals surface area contributed by atoms with Gasteiger partial charge >= 0.3 is 0 Å². The molecule has 2 aromatic carbocycles. The molecule has 3 aliphatic rings. The second kappa shape index (κ2) is 14.4. The maximum atomic E-state index is 13.4. The molecule has 0 spiro atoms. The molecule has 11 heteroatoms. The normalized spacial score (nSPS) is 14.4. The first-order chi connectivity index (χ1) is 21.3. The molecule has 1 saturated carbocycles. The lowest BCUT2D eigenvalue weighted by Gasteiger charge is -2.23. The molecule has 236 valence electrons. The van der Waals surface area contributed by atoms with E-state index in [9.17, 15) is 8.42 Å². The third-order valence-corrected chi connectivity index (χ3v) is 10.7. The predicted octanol–water partition coefficient (Wildman–Crippen LogP) is 6.90. The van der Waals surface area contributed by atoms with Crippen LogP contribution < -0.4 is 19.6 Å². The summed E-state index contributed by atoms with van der Waals surface area (Å²) in [5, 5.41) is 14.9. The van der Waals surface area contributed by atoms with Gasteiger partial charge in [-0.3, -0.25) is 0 Å². The quantitative estimate of drug-likeness (QED) is 0.0567. The van der Waals surface area contributed by atoms with E-state index >= 15 is 0 Å². The number of sulfonamides is 1. The highest BCUT2D eigenvalue weighted by Gasteiger charge is 2.26. The van der Waals surface area contributed by atoms with Crippen LogP contribution in [0, 0.1) is 0 Å². The minimum atomic E-state index is -3.79. The Morgan fingerprint density at radius 1 is 0.955 bits per heavy atom. The average molecular weight is 641 g/mol. The van der Waals surface area contributed by atoms with Crippen LogP contribution >= 0.6 is 12.0 Å². The third kappa shape index (κ3) is 6.83. The lowest BCUT2D eigenvalue weighted by molar-refractivity contribution is -0.432. The van der Waals surface area contributed by atoms with Crippen LogP contribution in [-0.4, -0.2) is 45.9 Å². The van der Waals surface area contributed by atoms with Gasteiger partial charge in [-0.15, -0.1) is 4.33 Å². The van der Waals surface area contributed by atoms with Crippen molar-refractivity contribution >= 4 is 38.7 Å². The van der Waals surface area contributed by atoms with Crippen LogP contribution in [0.4, 0.5) is 5.69 Å². The molecule has 1 aliphatic heterocycles. The minimum Gasteiger partial charge on any atom is -0.456 e. The van der Waals surface area contributed by atoms with Crippen molar-refractivity contribution in [2.45, 2.75) is 75.6 Å². The van der Waals surface area contributed by atoms with Gasteiger partial charge in [-0.2, -0.15) is 0 Å². The summed E-state index contributed by atoms with van der Waals surface area (Å²) in [4.78, 5) is 2.86. The van der Waals surface area contributed by atoms with Gasteiger partial charge < -0.3 is 9.32 Å². The van der Waals surface area contributed by atoms with E-state index in [4.69, 9.17) is 14.0 Å². The number of benzene rings is 3. The van der Waals surface area contributed by atoms with Crippen molar-refractivity contribution in [2.75, 3.05) is 31.1 Å². The Kier molecular flexibility index (Phi) is 10.7. The van der Waals surface area contributed by atoms with E-state index in [0.29, 0.717) is 16.2 Å². The summed E-state index contributed by atoms with van der Waals surface area (Å²) in [5.41, 5.74) is 4.22. The number of anilines is 1. The fourth-order valence-corrected chi connectivity index (χ4v) is 8.18. The molecule has 0 bridgehead atoms. The van der Waals surface area contributed by atoms with Crippen molar-refractivity contribution in [3.8, 4) is 22.5 Å². The van der Waals surface area contributed by atoms with Crippen LogP contribution in [0.5, 0.6) is 0 Å². The molecule has 44 heavy (non-hydrogen) atoms. The molecule has 0 saturated heterocycles. The van der Waals surface area contributed by atoms with Crippen molar-refractivity contribution in [1.29, 1.82) is 0 Å². The highest BCUT2D eigenvalue weighted by atomic mass is 32.2. The van der Waals surface area contributed by atoms with E-state index in [1.54, 1.807) is 18.2 Å². The summed E-state index contributed by atoms with van der Waals surface area (Å²) in [6.07, 6.45) is 4.82. The Labute approximate surface area is 264 Å². The Balaban J connectivity index is 1.74. The second-order valence-corrected chi connectivity index (χ2v) is 13.5. The lowest BCUT2D eigenvalue weighted by Crippen LogP contribution is -2.36. The highest BCUT2D eigenvalue weighted by Crippen LogP contribution is 2.45. The van der Waals surface area contributed by atoms with Crippen molar-refractivity contribution in [3.63, 3.8) is 0 Å². The SMILES string of the molecule is CCN(CC)c1ccc2c(-c3ccc(S(=O)(=O)NC4CCCCC4)cc3SOOO)c3ccc(=[N+](CC)CC)cc-3oc2c1. The predicted molar refractivity (Wildman–Crippen MR) is 176 cm³/mol. The number of rotatable bonds is 12. The fourth-order valence-electron chi connectivity index (χ4n) is 6.23. The van der Waals surface area contributed by atoms with Crippen molar-refractivity contribution in [1.82, 2.24) is 9.30 Å². The molecular formula is C33H42N3O6S2+. The van der Waals surface area contributed by atoms with Crippen molar-refractivity contribution in [3.05, 3.63) is 60.0 Å². The molecule has 2 aliphatic carbocycles. The van der Waals surface area contributed by atoms with Gasteiger partial charge in [-0.05, 0) is 76.4 Å². The Morgan fingerprint density at radius 2 is 1.68 bits per heavy atom. The molecule has 0 amide bonds. The van der Waals surface area contributed by atoms with Gasteiger partial charge in [0, 0.05) is 58.4 Å². The van der Waals surface area contributed by atoms with Crippen LogP contribution in [0.1, 0.15) is 59.8 Å². The third-order valence-electron chi connectivity index (χ3n) is 8.56. The molecule has 2 aromatic rings. The summed E-state index contributed by atoms with van der Waals surface area (Å²) in [5.74, 6) is 0.708. The van der Waals surface area contributed by atoms with E-state index in [2.05, 4.69) is 71.2 Å². The number of nitrogens with one attached hydrogen (secondary N) is 1. The Bertz CT molecular complexity index is 1740. The number of hydrogen-bond acceptors (Lipinski definition) is 8. The zero-order valence-corrected chi connectivity index (χ0v) is 27.5. The van der Waals surface area contributed by atoms with Gasteiger partial charge in [-0.1, -0.05) is 30.4 Å². The molecule has 1 fully saturated rings. The van der Waals surface area contributed by atoms with Gasteiger partial charge in [0.05, 0.1) is 23.0 Å².